The van der Waals surface area contributed by atoms with Crippen LogP contribution in [0.2, 0.25) is 0 Å². The van der Waals surface area contributed by atoms with Gasteiger partial charge >= 0.3 is 0 Å². The summed E-state index contributed by atoms with van der Waals surface area (Å²) < 4.78 is 11.1. The van der Waals surface area contributed by atoms with Gasteiger partial charge in [0.15, 0.2) is 11.5 Å². The summed E-state index contributed by atoms with van der Waals surface area (Å²) in [5, 5.41) is 10.4. The molecule has 18 heavy (non-hydrogen) atoms. The predicted octanol–water partition coefficient (Wildman–Crippen LogP) is 2.54. The number of hydrogen-bond acceptors (Lipinski definition) is 3. The van der Waals surface area contributed by atoms with Crippen LogP contribution in [-0.2, 0) is 0 Å². The van der Waals surface area contributed by atoms with Crippen LogP contribution in [0.1, 0.15) is 17.2 Å². The first-order valence-electron chi connectivity index (χ1n) is 5.98. The van der Waals surface area contributed by atoms with Crippen LogP contribution in [0.25, 0.3) is 0 Å². The highest BCUT2D eigenvalue weighted by atomic mass is 16.6. The first-order chi connectivity index (χ1) is 8.86. The molecule has 1 N–H and O–H groups in total. The van der Waals surface area contributed by atoms with E-state index < -0.39 is 6.10 Å². The molecular weight excluding hydrogens is 228 g/mol. The lowest BCUT2D eigenvalue weighted by Crippen LogP contribution is -2.17. The fourth-order valence-electron chi connectivity index (χ4n) is 2.13. The second-order valence-corrected chi connectivity index (χ2v) is 4.18. The van der Waals surface area contributed by atoms with Gasteiger partial charge in [-0.1, -0.05) is 42.5 Å². The Morgan fingerprint density at radius 3 is 2.50 bits per heavy atom. The molecule has 1 heterocycles. The molecule has 0 radical (unpaired) electrons. The summed E-state index contributed by atoms with van der Waals surface area (Å²) in [5.41, 5.74) is 1.60. The molecule has 3 rings (SSSR count). The van der Waals surface area contributed by atoms with Gasteiger partial charge in [-0.2, -0.15) is 0 Å². The molecule has 0 amide bonds. The van der Waals surface area contributed by atoms with Crippen LogP contribution in [-0.4, -0.2) is 18.3 Å². The molecule has 3 nitrogen and oxygen atoms in total. The smallest absolute Gasteiger partial charge is 0.167 e. The molecule has 0 bridgehead atoms. The summed E-state index contributed by atoms with van der Waals surface area (Å²) in [4.78, 5) is 0. The predicted molar refractivity (Wildman–Crippen MR) is 67.9 cm³/mol. The molecule has 0 fully saturated rings. The molecule has 1 atom stereocenters. The minimum atomic E-state index is -0.692. The quantitative estimate of drug-likeness (QED) is 0.879. The molecule has 0 saturated carbocycles. The summed E-state index contributed by atoms with van der Waals surface area (Å²) in [6.45, 7) is 1.07. The standard InChI is InChI=1S/C15H14O3/c16-14(11-5-2-1-3-6-11)12-7-4-8-13-15(12)18-10-9-17-13/h1-8,14,16H,9-10H2. The molecule has 2 aromatic carbocycles. The van der Waals surface area contributed by atoms with Crippen molar-refractivity contribution in [2.75, 3.05) is 13.2 Å². The van der Waals surface area contributed by atoms with Crippen LogP contribution in [0.15, 0.2) is 48.5 Å². The van der Waals surface area contributed by atoms with E-state index in [9.17, 15) is 5.11 Å². The average Bonchev–Trinajstić information content (AvgIpc) is 2.47. The van der Waals surface area contributed by atoms with Gasteiger partial charge in [0, 0.05) is 5.56 Å². The number of rotatable bonds is 2. The SMILES string of the molecule is OC(c1ccccc1)c1cccc2c1OCCO2. The van der Waals surface area contributed by atoms with Gasteiger partial charge in [0.05, 0.1) is 0 Å². The summed E-state index contributed by atoms with van der Waals surface area (Å²) >= 11 is 0. The fourth-order valence-corrected chi connectivity index (χ4v) is 2.13. The van der Waals surface area contributed by atoms with E-state index in [2.05, 4.69) is 0 Å². The highest BCUT2D eigenvalue weighted by Crippen LogP contribution is 2.38. The van der Waals surface area contributed by atoms with E-state index in [1.807, 2.05) is 48.5 Å². The number of hydrogen-bond donors (Lipinski definition) is 1. The molecule has 1 aliphatic heterocycles. The van der Waals surface area contributed by atoms with Gasteiger partial charge in [0.2, 0.25) is 0 Å². The van der Waals surface area contributed by atoms with Crippen molar-refractivity contribution in [1.29, 1.82) is 0 Å². The number of benzene rings is 2. The van der Waals surface area contributed by atoms with Gasteiger partial charge in [-0.25, -0.2) is 0 Å². The maximum Gasteiger partial charge on any atom is 0.167 e. The fraction of sp³-hybridized carbons (Fsp3) is 0.200. The zero-order chi connectivity index (χ0) is 12.4. The van der Waals surface area contributed by atoms with Crippen LogP contribution in [0.4, 0.5) is 0 Å². The lowest BCUT2D eigenvalue weighted by Gasteiger charge is -2.23. The van der Waals surface area contributed by atoms with Gasteiger partial charge < -0.3 is 14.6 Å². The molecule has 0 spiro atoms. The highest BCUT2D eigenvalue weighted by Gasteiger charge is 2.21. The van der Waals surface area contributed by atoms with Crippen LogP contribution < -0.4 is 9.47 Å². The Balaban J connectivity index is 2.02. The normalized spacial score (nSPS) is 15.2. The maximum atomic E-state index is 10.4. The number of ether oxygens (including phenoxy) is 2. The van der Waals surface area contributed by atoms with E-state index in [1.54, 1.807) is 0 Å². The van der Waals surface area contributed by atoms with E-state index in [1.165, 1.54) is 0 Å². The third-order valence-corrected chi connectivity index (χ3v) is 3.01. The lowest BCUT2D eigenvalue weighted by molar-refractivity contribution is 0.158. The summed E-state index contributed by atoms with van der Waals surface area (Å²) in [7, 11) is 0. The Hall–Kier alpha value is -2.00. The Morgan fingerprint density at radius 2 is 1.67 bits per heavy atom. The zero-order valence-corrected chi connectivity index (χ0v) is 9.87. The van der Waals surface area contributed by atoms with Crippen molar-refractivity contribution in [2.24, 2.45) is 0 Å². The molecule has 1 aliphatic rings. The van der Waals surface area contributed by atoms with E-state index in [0.717, 1.165) is 11.1 Å². The molecule has 3 heteroatoms. The van der Waals surface area contributed by atoms with E-state index >= 15 is 0 Å². The molecular formula is C15H14O3. The van der Waals surface area contributed by atoms with Gasteiger partial charge in [-0.05, 0) is 11.6 Å². The van der Waals surface area contributed by atoms with Crippen LogP contribution in [0.5, 0.6) is 11.5 Å². The first kappa shape index (κ1) is 11.1. The summed E-state index contributed by atoms with van der Waals surface area (Å²) in [6, 6.07) is 15.1. The molecule has 1 unspecified atom stereocenters. The topological polar surface area (TPSA) is 38.7 Å². The van der Waals surface area contributed by atoms with Crippen LogP contribution >= 0.6 is 0 Å². The van der Waals surface area contributed by atoms with Gasteiger partial charge in [-0.3, -0.25) is 0 Å². The third kappa shape index (κ3) is 1.93. The Labute approximate surface area is 106 Å². The summed E-state index contributed by atoms with van der Waals surface area (Å²) in [5.74, 6) is 1.36. The van der Waals surface area contributed by atoms with Crippen LogP contribution in [0.3, 0.4) is 0 Å². The van der Waals surface area contributed by atoms with Crippen molar-refractivity contribution < 1.29 is 14.6 Å². The molecule has 0 aliphatic carbocycles. The third-order valence-electron chi connectivity index (χ3n) is 3.01. The second-order valence-electron chi connectivity index (χ2n) is 4.18. The minimum absolute atomic E-state index is 0.519. The molecule has 2 aromatic rings. The maximum absolute atomic E-state index is 10.4. The zero-order valence-electron chi connectivity index (χ0n) is 9.87. The summed E-state index contributed by atoms with van der Waals surface area (Å²) in [6.07, 6.45) is -0.692. The van der Waals surface area contributed by atoms with Crippen molar-refractivity contribution in [1.82, 2.24) is 0 Å². The number of aliphatic hydroxyl groups excluding tert-OH is 1. The number of para-hydroxylation sites is 1. The molecule has 0 aromatic heterocycles. The Morgan fingerprint density at radius 1 is 0.889 bits per heavy atom. The Bertz CT molecular complexity index is 537. The number of aliphatic hydroxyl groups is 1. The van der Waals surface area contributed by atoms with Crippen molar-refractivity contribution in [2.45, 2.75) is 6.10 Å². The average molecular weight is 242 g/mol. The van der Waals surface area contributed by atoms with E-state index in [-0.39, 0.29) is 0 Å². The Kier molecular flexibility index (Phi) is 2.90. The molecule has 92 valence electrons. The van der Waals surface area contributed by atoms with Crippen LogP contribution in [0, 0.1) is 0 Å². The molecule has 0 saturated heterocycles. The largest absolute Gasteiger partial charge is 0.486 e. The van der Waals surface area contributed by atoms with E-state index in [4.69, 9.17) is 9.47 Å². The number of fused-ring (bicyclic) bond motifs is 1. The van der Waals surface area contributed by atoms with Crippen molar-refractivity contribution >= 4 is 0 Å². The lowest BCUT2D eigenvalue weighted by atomic mass is 10.00. The first-order valence-corrected chi connectivity index (χ1v) is 5.98. The van der Waals surface area contributed by atoms with Gasteiger partial charge in [-0.15, -0.1) is 0 Å². The van der Waals surface area contributed by atoms with Gasteiger partial charge in [0.1, 0.15) is 19.3 Å². The van der Waals surface area contributed by atoms with Crippen molar-refractivity contribution in [3.05, 3.63) is 59.7 Å². The minimum Gasteiger partial charge on any atom is -0.486 e. The van der Waals surface area contributed by atoms with Crippen molar-refractivity contribution in [3.63, 3.8) is 0 Å². The van der Waals surface area contributed by atoms with Gasteiger partial charge in [0.25, 0.3) is 0 Å². The van der Waals surface area contributed by atoms with E-state index in [0.29, 0.717) is 24.7 Å². The highest BCUT2D eigenvalue weighted by molar-refractivity contribution is 5.50. The second kappa shape index (κ2) is 4.70. The van der Waals surface area contributed by atoms with Crippen molar-refractivity contribution in [3.8, 4) is 11.5 Å². The monoisotopic (exact) mass is 242 g/mol.